The van der Waals surface area contributed by atoms with Crippen LogP contribution in [0.15, 0.2) is 181 Å². The van der Waals surface area contributed by atoms with Crippen molar-refractivity contribution in [1.29, 1.82) is 0 Å². The fraction of sp³-hybridized carbons (Fsp3) is 0.0217. The third-order valence-electron chi connectivity index (χ3n) is 8.98. The van der Waals surface area contributed by atoms with Gasteiger partial charge in [-0.15, -0.1) is 34.0 Å². The van der Waals surface area contributed by atoms with E-state index >= 15 is 0 Å². The molecule has 276 valence electrons. The number of hydrogen-bond donors (Lipinski definition) is 0. The van der Waals surface area contributed by atoms with E-state index in [0.717, 1.165) is 62.4 Å². The number of hydrogen-bond acceptors (Lipinski definition) is 10. The maximum absolute atomic E-state index is 5.12. The summed E-state index contributed by atoms with van der Waals surface area (Å²) in [6.07, 6.45) is 11.6. The van der Waals surface area contributed by atoms with Crippen molar-refractivity contribution in [3.05, 3.63) is 186 Å². The molecule has 0 saturated carbocycles. The molecule has 0 bridgehead atoms. The summed E-state index contributed by atoms with van der Waals surface area (Å²) in [5, 5.41) is 4.37. The Morgan fingerprint density at radius 2 is 0.842 bits per heavy atom. The molecule has 0 saturated heterocycles. The molecule has 0 fully saturated rings. The summed E-state index contributed by atoms with van der Waals surface area (Å²) in [4.78, 5) is 37.6. The molecule has 0 aliphatic carbocycles. The van der Waals surface area contributed by atoms with Crippen LogP contribution in [0.25, 0.3) is 64.1 Å². The molecule has 10 heterocycles. The quantitative estimate of drug-likeness (QED) is 0.126. The van der Waals surface area contributed by atoms with Gasteiger partial charge >= 0.3 is 0 Å². The first kappa shape index (κ1) is 37.9. The van der Waals surface area contributed by atoms with Crippen molar-refractivity contribution in [2.75, 3.05) is 0 Å². The summed E-state index contributed by atoms with van der Waals surface area (Å²) in [6, 6.07) is 44.6. The number of benzene rings is 1. The van der Waals surface area contributed by atoms with Crippen molar-refractivity contribution in [2.45, 2.75) is 6.42 Å². The van der Waals surface area contributed by atoms with Crippen molar-refractivity contribution in [3.8, 4) is 42.3 Å². The summed E-state index contributed by atoms with van der Waals surface area (Å²) < 4.78 is 0. The van der Waals surface area contributed by atoms with E-state index in [-0.39, 0.29) is 19.5 Å². The van der Waals surface area contributed by atoms with E-state index in [4.69, 9.17) is 4.99 Å². The maximum atomic E-state index is 5.12. The van der Waals surface area contributed by atoms with Crippen molar-refractivity contribution >= 4 is 67.2 Å². The molecule has 10 aromatic rings. The molecule has 9 aromatic heterocycles. The van der Waals surface area contributed by atoms with E-state index < -0.39 is 0 Å². The van der Waals surface area contributed by atoms with Crippen molar-refractivity contribution in [3.63, 3.8) is 0 Å². The smallest absolute Gasteiger partial charge is 0.0986 e. The summed E-state index contributed by atoms with van der Waals surface area (Å²) in [7, 11) is 0. The third kappa shape index (κ3) is 8.43. The van der Waals surface area contributed by atoms with Crippen LogP contribution in [-0.4, -0.2) is 35.6 Å². The molecule has 11 heteroatoms. The molecule has 0 radical (unpaired) electrons. The first-order valence-electron chi connectivity index (χ1n) is 17.9. The number of thiophene rings is 3. The Balaban J connectivity index is 0.000000149. The Bertz CT molecular complexity index is 2730. The van der Waals surface area contributed by atoms with E-state index in [0.29, 0.717) is 0 Å². The molecule has 0 amide bonds. The van der Waals surface area contributed by atoms with E-state index in [2.05, 4.69) is 83.8 Å². The fourth-order valence-corrected chi connectivity index (χ4v) is 9.33. The summed E-state index contributed by atoms with van der Waals surface area (Å²) >= 11 is 5.47. The van der Waals surface area contributed by atoms with Gasteiger partial charge in [0.25, 0.3) is 0 Å². The third-order valence-corrected chi connectivity index (χ3v) is 12.5. The van der Waals surface area contributed by atoms with Crippen LogP contribution in [0.4, 0.5) is 5.69 Å². The zero-order valence-corrected chi connectivity index (χ0v) is 34.3. The van der Waals surface area contributed by atoms with Gasteiger partial charge in [-0.3, -0.25) is 34.9 Å². The van der Waals surface area contributed by atoms with Crippen LogP contribution in [0.3, 0.4) is 0 Å². The van der Waals surface area contributed by atoms with Crippen LogP contribution in [-0.2, 0) is 25.9 Å². The average Bonchev–Trinajstić information content (AvgIpc) is 4.13. The molecule has 0 unspecified atom stereocenters. The van der Waals surface area contributed by atoms with Crippen LogP contribution in [0.2, 0.25) is 0 Å². The Hall–Kier alpha value is -5.97. The standard InChI is InChI=1S/C26H15N3S3.2C10H8N2.Ru/c1-4-15-17-14-18(29-24(17)16-5-2-12-28-26(16)25(15)27-11-1)19-7-8-22(31-19)23-10-9-21(32-23)20-6-3-13-30-20;2*1-3-7-11-9(5-1)10-6-2-4-8-12-10;/h1-13H,14H2;2*1-8H;. The predicted octanol–water partition coefficient (Wildman–Crippen LogP) is 12.3. The van der Waals surface area contributed by atoms with Gasteiger partial charge in [0.15, 0.2) is 0 Å². The summed E-state index contributed by atoms with van der Waals surface area (Å²) in [6.45, 7) is 0. The zero-order valence-electron chi connectivity index (χ0n) is 30.2. The molecule has 57 heavy (non-hydrogen) atoms. The molecular formula is C46H31N7RuS3. The summed E-state index contributed by atoms with van der Waals surface area (Å²) in [5.74, 6) is 0. The zero-order chi connectivity index (χ0) is 37.5. The molecule has 0 atom stereocenters. The van der Waals surface area contributed by atoms with E-state index in [1.54, 1.807) is 36.1 Å². The maximum Gasteiger partial charge on any atom is 0.0986 e. The van der Waals surface area contributed by atoms with Gasteiger partial charge in [0, 0.05) is 98.2 Å². The van der Waals surface area contributed by atoms with Crippen LogP contribution in [0.5, 0.6) is 0 Å². The summed E-state index contributed by atoms with van der Waals surface area (Å²) in [5.41, 5.74) is 8.99. The van der Waals surface area contributed by atoms with E-state index in [9.17, 15) is 0 Å². The molecule has 0 N–H and O–H groups in total. The molecule has 1 aliphatic heterocycles. The molecule has 11 rings (SSSR count). The minimum Gasteiger partial charge on any atom is -0.255 e. The largest absolute Gasteiger partial charge is 0.255 e. The van der Waals surface area contributed by atoms with Gasteiger partial charge in [0.1, 0.15) is 0 Å². The van der Waals surface area contributed by atoms with Gasteiger partial charge in [0.2, 0.25) is 0 Å². The number of rotatable bonds is 5. The predicted molar refractivity (Wildman–Crippen MR) is 233 cm³/mol. The number of aromatic nitrogens is 6. The first-order chi connectivity index (χ1) is 27.8. The van der Waals surface area contributed by atoms with E-state index in [1.165, 1.54) is 29.9 Å². The number of pyridine rings is 6. The number of nitrogens with zero attached hydrogens (tertiary/aromatic N) is 7. The van der Waals surface area contributed by atoms with Crippen LogP contribution in [0.1, 0.15) is 10.4 Å². The minimum absolute atomic E-state index is 0. The Morgan fingerprint density at radius 1 is 0.386 bits per heavy atom. The molecule has 1 aromatic carbocycles. The van der Waals surface area contributed by atoms with Gasteiger partial charge in [-0.05, 0) is 108 Å². The second kappa shape index (κ2) is 17.9. The Labute approximate surface area is 354 Å². The van der Waals surface area contributed by atoms with Gasteiger partial charge in [-0.1, -0.05) is 36.4 Å². The van der Waals surface area contributed by atoms with Crippen molar-refractivity contribution in [2.24, 2.45) is 4.99 Å². The van der Waals surface area contributed by atoms with E-state index in [1.807, 2.05) is 120 Å². The second-order valence-corrected chi connectivity index (χ2v) is 15.6. The van der Waals surface area contributed by atoms with Gasteiger partial charge in [0.05, 0.1) is 45.2 Å². The average molecular weight is 879 g/mol. The topological polar surface area (TPSA) is 89.7 Å². The van der Waals surface area contributed by atoms with Gasteiger partial charge in [-0.2, -0.15) is 0 Å². The SMILES string of the molecule is [Ru].c1ccc(-c2ccccn2)nc1.c1ccc(-c2ccccn2)nc1.c1csc(-c2ccc(-c3ccc(C4=Nc5c(c6cccnc6c6ncccc56)C4)s3)s2)c1. The molecular weight excluding hydrogens is 848 g/mol. The Morgan fingerprint density at radius 3 is 1.33 bits per heavy atom. The normalized spacial score (nSPS) is 11.4. The first-order valence-corrected chi connectivity index (χ1v) is 20.4. The van der Waals surface area contributed by atoms with Gasteiger partial charge in [-0.25, -0.2) is 0 Å². The Kier molecular flexibility index (Phi) is 11.9. The number of aliphatic imine (C=N–C) groups is 1. The fourth-order valence-electron chi connectivity index (χ4n) is 6.41. The van der Waals surface area contributed by atoms with Gasteiger partial charge < -0.3 is 0 Å². The molecule has 1 aliphatic rings. The molecule has 0 spiro atoms. The number of fused-ring (bicyclic) bond motifs is 6. The van der Waals surface area contributed by atoms with Crippen molar-refractivity contribution < 1.29 is 19.5 Å². The molecule has 7 nitrogen and oxygen atoms in total. The van der Waals surface area contributed by atoms with Crippen LogP contribution < -0.4 is 0 Å². The van der Waals surface area contributed by atoms with Crippen molar-refractivity contribution in [1.82, 2.24) is 29.9 Å². The monoisotopic (exact) mass is 879 g/mol. The van der Waals surface area contributed by atoms with Crippen LogP contribution >= 0.6 is 34.0 Å². The second-order valence-electron chi connectivity index (χ2n) is 12.5. The van der Waals surface area contributed by atoms with Crippen LogP contribution in [0, 0.1) is 0 Å². The minimum atomic E-state index is 0.